The summed E-state index contributed by atoms with van der Waals surface area (Å²) < 4.78 is 55.4. The highest BCUT2D eigenvalue weighted by Crippen LogP contribution is 2.36. The zero-order valence-corrected chi connectivity index (χ0v) is 20.3. The molecule has 192 valence electrons. The Bertz CT molecular complexity index is 1570. The van der Waals surface area contributed by atoms with Crippen molar-refractivity contribution in [2.24, 2.45) is 0 Å². The molecule has 2 amide bonds. The maximum absolute atomic E-state index is 14.5. The molecule has 37 heavy (non-hydrogen) atoms. The summed E-state index contributed by atoms with van der Waals surface area (Å²) in [4.78, 5) is 30.0. The molecule has 0 unspecified atom stereocenters. The predicted octanol–water partition coefficient (Wildman–Crippen LogP) is 6.58. The summed E-state index contributed by atoms with van der Waals surface area (Å²) in [5, 5.41) is 7.57. The smallest absolute Gasteiger partial charge is 0.373 e. The Morgan fingerprint density at radius 3 is 2.51 bits per heavy atom. The number of urea groups is 1. The Hall–Kier alpha value is -4.12. The largest absolute Gasteiger partial charge is 0.417 e. The molecule has 7 nitrogen and oxygen atoms in total. The van der Waals surface area contributed by atoms with Crippen LogP contribution >= 0.6 is 11.6 Å². The number of hydrogen-bond donors (Lipinski definition) is 3. The zero-order chi connectivity index (χ0) is 26.9. The van der Waals surface area contributed by atoms with Crippen molar-refractivity contribution in [3.8, 4) is 11.1 Å². The number of halogens is 5. The minimum Gasteiger partial charge on any atom is -0.373 e. The van der Waals surface area contributed by atoms with Crippen molar-refractivity contribution in [2.45, 2.75) is 19.6 Å². The quantitative estimate of drug-likeness (QED) is 0.253. The van der Waals surface area contributed by atoms with Crippen molar-refractivity contribution in [2.75, 3.05) is 23.0 Å². The maximum atomic E-state index is 14.5. The van der Waals surface area contributed by atoms with Crippen LogP contribution in [0.3, 0.4) is 0 Å². The lowest BCUT2D eigenvalue weighted by Crippen LogP contribution is -2.22. The molecule has 3 N–H and O–H groups in total. The van der Waals surface area contributed by atoms with E-state index in [-0.39, 0.29) is 22.5 Å². The molecule has 2 aromatic carbocycles. The van der Waals surface area contributed by atoms with E-state index in [1.165, 1.54) is 18.2 Å². The molecule has 0 atom stereocenters. The Kier molecular flexibility index (Phi) is 7.08. The van der Waals surface area contributed by atoms with Crippen LogP contribution in [0.25, 0.3) is 22.0 Å². The van der Waals surface area contributed by atoms with Crippen molar-refractivity contribution in [3.05, 3.63) is 81.5 Å². The van der Waals surface area contributed by atoms with Gasteiger partial charge in [-0.25, -0.2) is 14.2 Å². The third-order valence-electron chi connectivity index (χ3n) is 5.61. The van der Waals surface area contributed by atoms with E-state index in [9.17, 15) is 27.2 Å². The number of rotatable bonds is 5. The number of aryl methyl sites for hydroxylation is 1. The summed E-state index contributed by atoms with van der Waals surface area (Å²) in [5.74, 6) is -0.216. The van der Waals surface area contributed by atoms with E-state index in [1.54, 1.807) is 29.9 Å². The van der Waals surface area contributed by atoms with Gasteiger partial charge in [-0.15, -0.1) is 0 Å². The molecule has 0 aliphatic heterocycles. The first kappa shape index (κ1) is 26.0. The van der Waals surface area contributed by atoms with Crippen molar-refractivity contribution in [3.63, 3.8) is 0 Å². The van der Waals surface area contributed by atoms with Crippen LogP contribution in [-0.2, 0) is 12.7 Å². The van der Waals surface area contributed by atoms with Crippen LogP contribution in [0.5, 0.6) is 0 Å². The Morgan fingerprint density at radius 2 is 1.84 bits per heavy atom. The van der Waals surface area contributed by atoms with Crippen LogP contribution in [0.4, 0.5) is 39.5 Å². The molecular weight excluding hydrogens is 514 g/mol. The highest BCUT2D eigenvalue weighted by atomic mass is 35.5. The fourth-order valence-electron chi connectivity index (χ4n) is 3.82. The Morgan fingerprint density at radius 1 is 1.08 bits per heavy atom. The van der Waals surface area contributed by atoms with Gasteiger partial charge in [-0.1, -0.05) is 17.7 Å². The van der Waals surface area contributed by atoms with Crippen molar-refractivity contribution in [1.82, 2.24) is 9.55 Å². The van der Waals surface area contributed by atoms with Gasteiger partial charge in [-0.2, -0.15) is 13.2 Å². The number of pyridine rings is 2. The number of hydrogen-bond acceptors (Lipinski definition) is 4. The molecule has 0 aliphatic carbocycles. The van der Waals surface area contributed by atoms with E-state index in [1.807, 2.05) is 6.92 Å². The van der Waals surface area contributed by atoms with Gasteiger partial charge in [0.05, 0.1) is 21.8 Å². The van der Waals surface area contributed by atoms with Crippen molar-refractivity contribution >= 4 is 45.7 Å². The summed E-state index contributed by atoms with van der Waals surface area (Å²) in [5.41, 5.74) is -0.674. The molecule has 0 saturated heterocycles. The number of carbonyl (C=O) groups excluding carboxylic acids is 1. The minimum atomic E-state index is -4.72. The van der Waals surface area contributed by atoms with Crippen molar-refractivity contribution in [1.29, 1.82) is 0 Å². The lowest BCUT2D eigenvalue weighted by Gasteiger charge is -2.14. The minimum absolute atomic E-state index is 0.195. The number of aromatic nitrogens is 2. The second-order valence-corrected chi connectivity index (χ2v) is 8.36. The summed E-state index contributed by atoms with van der Waals surface area (Å²) in [6, 6.07) is 8.98. The van der Waals surface area contributed by atoms with E-state index in [0.717, 1.165) is 12.1 Å². The lowest BCUT2D eigenvalue weighted by atomic mass is 10.0. The number of carbonyl (C=O) groups is 1. The Balaban J connectivity index is 1.66. The van der Waals surface area contributed by atoms with Gasteiger partial charge < -0.3 is 20.5 Å². The van der Waals surface area contributed by atoms with Crippen LogP contribution in [0.15, 0.2) is 59.5 Å². The SMILES string of the molecule is CCn1c(=O)c(-c2ccc(F)c(NC(=O)Nc3ccc(Cl)c(C(F)(F)F)c3)c2)cc2cnc(NC)cc21. The van der Waals surface area contributed by atoms with Gasteiger partial charge in [0.15, 0.2) is 0 Å². The zero-order valence-electron chi connectivity index (χ0n) is 19.5. The highest BCUT2D eigenvalue weighted by Gasteiger charge is 2.33. The van der Waals surface area contributed by atoms with Gasteiger partial charge in [0, 0.05) is 42.5 Å². The molecule has 4 aromatic rings. The lowest BCUT2D eigenvalue weighted by molar-refractivity contribution is -0.137. The first-order chi connectivity index (χ1) is 17.5. The molecule has 2 aromatic heterocycles. The van der Waals surface area contributed by atoms with Gasteiger partial charge in [0.2, 0.25) is 0 Å². The van der Waals surface area contributed by atoms with Crippen LogP contribution in [0, 0.1) is 5.82 Å². The second kappa shape index (κ2) is 10.1. The average Bonchev–Trinajstić information content (AvgIpc) is 2.85. The third-order valence-corrected chi connectivity index (χ3v) is 5.94. The molecule has 12 heteroatoms. The van der Waals surface area contributed by atoms with Gasteiger partial charge in [0.25, 0.3) is 5.56 Å². The molecule has 4 rings (SSSR count). The van der Waals surface area contributed by atoms with E-state index < -0.39 is 28.6 Å². The fraction of sp³-hybridized carbons (Fsp3) is 0.160. The standard InChI is InChI=1S/C25H20ClF4N5O2/c1-3-35-21-11-22(31-2)32-12-14(21)8-16(23(35)36)13-4-7-19(27)20(9-13)34-24(37)33-15-5-6-18(26)17(10-15)25(28,29)30/h4-12H,3H2,1-2H3,(H,31,32)(H2,33,34,37). The molecule has 0 saturated carbocycles. The van der Waals surface area contributed by atoms with Crippen LogP contribution in [0.1, 0.15) is 12.5 Å². The van der Waals surface area contributed by atoms with E-state index in [0.29, 0.717) is 34.9 Å². The summed E-state index contributed by atoms with van der Waals surface area (Å²) >= 11 is 5.60. The first-order valence-electron chi connectivity index (χ1n) is 11.0. The predicted molar refractivity (Wildman–Crippen MR) is 136 cm³/mol. The van der Waals surface area contributed by atoms with E-state index in [2.05, 4.69) is 20.9 Å². The van der Waals surface area contributed by atoms with Crippen LogP contribution < -0.4 is 21.5 Å². The normalized spacial score (nSPS) is 11.4. The first-order valence-corrected chi connectivity index (χ1v) is 11.4. The average molecular weight is 534 g/mol. The molecule has 0 bridgehead atoms. The molecular formula is C25H20ClF4N5O2. The van der Waals surface area contributed by atoms with Crippen LogP contribution in [-0.4, -0.2) is 22.6 Å². The number of nitrogens with one attached hydrogen (secondary N) is 3. The Labute approximate surface area is 213 Å². The highest BCUT2D eigenvalue weighted by molar-refractivity contribution is 6.31. The monoisotopic (exact) mass is 533 g/mol. The summed E-state index contributed by atoms with van der Waals surface area (Å²) in [7, 11) is 1.71. The van der Waals surface area contributed by atoms with Crippen molar-refractivity contribution < 1.29 is 22.4 Å². The number of benzene rings is 2. The summed E-state index contributed by atoms with van der Waals surface area (Å²) in [6.07, 6.45) is -3.12. The molecule has 0 radical (unpaired) electrons. The topological polar surface area (TPSA) is 88.1 Å². The number of amides is 2. The van der Waals surface area contributed by atoms with Gasteiger partial charge in [-0.05, 0) is 48.9 Å². The van der Waals surface area contributed by atoms with E-state index >= 15 is 0 Å². The molecule has 0 fully saturated rings. The number of alkyl halides is 3. The second-order valence-electron chi connectivity index (χ2n) is 7.95. The molecule has 0 spiro atoms. The van der Waals surface area contributed by atoms with Gasteiger partial charge in [0.1, 0.15) is 11.6 Å². The van der Waals surface area contributed by atoms with Gasteiger partial charge in [-0.3, -0.25) is 4.79 Å². The van der Waals surface area contributed by atoms with E-state index in [4.69, 9.17) is 11.6 Å². The number of nitrogens with zero attached hydrogens (tertiary/aromatic N) is 2. The summed E-state index contributed by atoms with van der Waals surface area (Å²) in [6.45, 7) is 2.18. The fourth-order valence-corrected chi connectivity index (χ4v) is 4.05. The number of anilines is 3. The number of fused-ring (bicyclic) bond motifs is 1. The van der Waals surface area contributed by atoms with Crippen LogP contribution in [0.2, 0.25) is 5.02 Å². The maximum Gasteiger partial charge on any atom is 0.417 e. The van der Waals surface area contributed by atoms with Gasteiger partial charge >= 0.3 is 12.2 Å². The molecule has 0 aliphatic rings. The molecule has 2 heterocycles. The third kappa shape index (κ3) is 5.36.